The molecule has 0 bridgehead atoms. The molecule has 19 heteroatoms. The molecule has 0 aliphatic carbocycles. The number of anilines is 3. The number of fused-ring (bicyclic) bond motifs is 2. The number of aromatic hydroxyl groups is 2. The van der Waals surface area contributed by atoms with Gasteiger partial charge in [0.2, 0.25) is 17.8 Å². The molecule has 0 unspecified atom stereocenters. The molecule has 4 aliphatic rings. The van der Waals surface area contributed by atoms with E-state index in [9.17, 15) is 29.9 Å². The largest absolute Gasteiger partial charge is 0.508 e. The number of phenols is 2. The van der Waals surface area contributed by atoms with Crippen LogP contribution in [0.15, 0.2) is 90.2 Å². The van der Waals surface area contributed by atoms with E-state index < -0.39 is 5.69 Å². The lowest BCUT2D eigenvalue weighted by Crippen LogP contribution is -2.55. The third kappa shape index (κ3) is 11.1. The van der Waals surface area contributed by atoms with Crippen molar-refractivity contribution in [3.8, 4) is 34.6 Å². The molecule has 76 heavy (non-hydrogen) atoms. The highest BCUT2D eigenvalue weighted by Crippen LogP contribution is 2.39. The first-order valence-electron chi connectivity index (χ1n) is 26.5. The van der Waals surface area contributed by atoms with E-state index in [2.05, 4.69) is 72.0 Å². The summed E-state index contributed by atoms with van der Waals surface area (Å²) in [7, 11) is 0. The average molecular weight is 1050 g/mol. The number of aromatic amines is 1. The standard InChI is InChI=1S/C57H66ClN13O5/c1-4-51(74)70-30-29-69(35-42(70)15-20-59)54-43-19-24-68(48-10-6-8-40-7-5-9-46(58)53(40)48)36-47(43)61-56(62-54)60-21-16-52(75)67-22-17-39(18-23-67)34-66-27-25-65(26-28-66)33-38-11-13-41(14-12-38)71-55(63-64-57(71)76)45-31-44(37(2)3)49(72)32-50(45)73/h4-14,31-32,37,39,42,72-73H,1,15-19,21-30,33-36H2,2-3H3,(H,64,76)(H,60,61,62)/t42-/m1/s1. The Morgan fingerprint density at radius 3 is 2.41 bits per heavy atom. The quantitative estimate of drug-likeness (QED) is 0.0773. The molecule has 0 radical (unpaired) electrons. The number of hydrogen-bond acceptors (Lipinski definition) is 14. The lowest BCUT2D eigenvalue weighted by atomic mass is 9.95. The van der Waals surface area contributed by atoms with Gasteiger partial charge in [0.05, 0.1) is 47.0 Å². The van der Waals surface area contributed by atoms with Crippen LogP contribution in [0, 0.1) is 17.2 Å². The number of halogens is 1. The predicted octanol–water partition coefficient (Wildman–Crippen LogP) is 6.90. The maximum Gasteiger partial charge on any atom is 0.348 e. The van der Waals surface area contributed by atoms with Gasteiger partial charge in [-0.3, -0.25) is 14.5 Å². The number of H-pyrrole nitrogens is 1. The van der Waals surface area contributed by atoms with Gasteiger partial charge in [0.1, 0.15) is 17.3 Å². The second kappa shape index (κ2) is 22.8. The van der Waals surface area contributed by atoms with Crippen LogP contribution in [0.1, 0.15) is 67.8 Å². The molecule has 6 aromatic rings. The summed E-state index contributed by atoms with van der Waals surface area (Å²) in [5.74, 6) is 1.80. The van der Waals surface area contributed by atoms with E-state index in [0.29, 0.717) is 79.3 Å². The number of amides is 2. The highest BCUT2D eigenvalue weighted by atomic mass is 35.5. The number of carbonyl (C=O) groups excluding carboxylic acids is 2. The number of aromatic nitrogens is 5. The van der Waals surface area contributed by atoms with Gasteiger partial charge in [-0.05, 0) is 84.0 Å². The lowest BCUT2D eigenvalue weighted by molar-refractivity contribution is -0.132. The van der Waals surface area contributed by atoms with Gasteiger partial charge in [0.15, 0.2) is 5.82 Å². The first-order chi connectivity index (χ1) is 36.8. The minimum Gasteiger partial charge on any atom is -0.508 e. The van der Waals surface area contributed by atoms with Crippen LogP contribution in [-0.4, -0.2) is 151 Å². The Morgan fingerprint density at radius 2 is 1.67 bits per heavy atom. The smallest absolute Gasteiger partial charge is 0.348 e. The van der Waals surface area contributed by atoms with Gasteiger partial charge in [-0.2, -0.15) is 15.3 Å². The number of nitriles is 1. The summed E-state index contributed by atoms with van der Waals surface area (Å²) in [4.78, 5) is 62.8. The summed E-state index contributed by atoms with van der Waals surface area (Å²) in [6.45, 7) is 17.8. The van der Waals surface area contributed by atoms with Gasteiger partial charge in [-0.1, -0.05) is 68.4 Å². The van der Waals surface area contributed by atoms with Crippen LogP contribution < -0.4 is 20.8 Å². The molecule has 6 heterocycles. The average Bonchev–Trinajstić information content (AvgIpc) is 3.82. The number of rotatable bonds is 15. The highest BCUT2D eigenvalue weighted by molar-refractivity contribution is 6.36. The highest BCUT2D eigenvalue weighted by Gasteiger charge is 2.34. The summed E-state index contributed by atoms with van der Waals surface area (Å²) in [6, 6.07) is 25.0. The van der Waals surface area contributed by atoms with Gasteiger partial charge < -0.3 is 40.0 Å². The first kappa shape index (κ1) is 52.0. The van der Waals surface area contributed by atoms with Crippen molar-refractivity contribution in [2.24, 2.45) is 5.92 Å². The zero-order valence-electron chi connectivity index (χ0n) is 43.3. The van der Waals surface area contributed by atoms with E-state index in [4.69, 9.17) is 21.6 Å². The molecule has 4 aliphatic heterocycles. The van der Waals surface area contributed by atoms with Crippen molar-refractivity contribution >= 4 is 51.6 Å². The Morgan fingerprint density at radius 1 is 0.921 bits per heavy atom. The molecule has 18 nitrogen and oxygen atoms in total. The number of hydrogen-bond donors (Lipinski definition) is 4. The summed E-state index contributed by atoms with van der Waals surface area (Å²) < 4.78 is 1.44. The SMILES string of the molecule is C=CC(=O)N1CCN(c2nc(NCCC(=O)N3CCC(CN4CCN(Cc5ccc(-n6c(-c7cc(C(C)C)c(O)cc7O)n[nH]c6=O)cc5)CC4)CC3)nc3c2CCN(c2cccc4cccc(Cl)c24)C3)C[C@H]1CC#N. The molecule has 2 aromatic heterocycles. The van der Waals surface area contributed by atoms with Crippen molar-refractivity contribution in [2.75, 3.05) is 93.7 Å². The second-order valence-electron chi connectivity index (χ2n) is 20.8. The van der Waals surface area contributed by atoms with E-state index in [1.807, 2.05) is 55.1 Å². The van der Waals surface area contributed by atoms with Gasteiger partial charge >= 0.3 is 5.69 Å². The minimum absolute atomic E-state index is 0.000456. The van der Waals surface area contributed by atoms with Crippen LogP contribution in [0.3, 0.4) is 0 Å². The Balaban J connectivity index is 0.716. The molecule has 2 amide bonds. The molecular weight excluding hydrogens is 982 g/mol. The van der Waals surface area contributed by atoms with Gasteiger partial charge in [-0.25, -0.2) is 19.4 Å². The Bertz CT molecular complexity index is 3200. The van der Waals surface area contributed by atoms with Crippen LogP contribution in [0.2, 0.25) is 5.02 Å². The zero-order chi connectivity index (χ0) is 53.0. The number of benzene rings is 4. The Labute approximate surface area is 447 Å². The van der Waals surface area contributed by atoms with Crippen LogP contribution in [-0.2, 0) is 29.1 Å². The maximum atomic E-state index is 13.7. The summed E-state index contributed by atoms with van der Waals surface area (Å²) in [6.07, 6.45) is 4.44. The Hall–Kier alpha value is -7.46. The number of nitrogens with one attached hydrogen (secondary N) is 2. The predicted molar refractivity (Wildman–Crippen MR) is 295 cm³/mol. The fourth-order valence-electron chi connectivity index (χ4n) is 11.5. The molecule has 0 spiro atoms. The number of piperidine rings is 1. The fourth-order valence-corrected chi connectivity index (χ4v) is 11.8. The molecular formula is C57H66ClN13O5. The number of phenolic OH excluding ortho intramolecular Hbond substituents is 2. The van der Waals surface area contributed by atoms with Crippen LogP contribution in [0.5, 0.6) is 11.5 Å². The van der Waals surface area contributed by atoms with Gasteiger partial charge in [0, 0.05) is 114 Å². The molecule has 3 saturated heterocycles. The third-order valence-corrected chi connectivity index (χ3v) is 15.9. The number of carbonyl (C=O) groups is 2. The van der Waals surface area contributed by atoms with Crippen LogP contribution in [0.4, 0.5) is 17.5 Å². The van der Waals surface area contributed by atoms with Crippen LogP contribution >= 0.6 is 11.6 Å². The number of piperazine rings is 2. The van der Waals surface area contributed by atoms with Crippen molar-refractivity contribution in [3.05, 3.63) is 123 Å². The maximum absolute atomic E-state index is 13.7. The van der Waals surface area contributed by atoms with E-state index in [-0.39, 0.29) is 47.5 Å². The van der Waals surface area contributed by atoms with Gasteiger partial charge in [-0.15, -0.1) is 0 Å². The minimum atomic E-state index is -0.423. The normalized spacial score (nSPS) is 17.8. The van der Waals surface area contributed by atoms with Crippen molar-refractivity contribution in [1.29, 1.82) is 5.26 Å². The molecule has 396 valence electrons. The molecule has 0 saturated carbocycles. The monoisotopic (exact) mass is 1050 g/mol. The summed E-state index contributed by atoms with van der Waals surface area (Å²) in [5, 5.41) is 43.7. The molecule has 10 rings (SSSR count). The number of likely N-dealkylation sites (tertiary alicyclic amines) is 1. The van der Waals surface area contributed by atoms with Crippen molar-refractivity contribution in [1.82, 2.24) is 44.3 Å². The number of nitrogens with zero attached hydrogens (tertiary/aromatic N) is 11. The van der Waals surface area contributed by atoms with E-state index in [1.54, 1.807) is 11.0 Å². The van der Waals surface area contributed by atoms with E-state index in [0.717, 1.165) is 111 Å². The first-order valence-corrected chi connectivity index (χ1v) is 26.9. The zero-order valence-corrected chi connectivity index (χ0v) is 44.1. The lowest BCUT2D eigenvalue weighted by Gasteiger charge is -2.42. The van der Waals surface area contributed by atoms with Crippen molar-refractivity contribution < 1.29 is 19.8 Å². The Kier molecular flexibility index (Phi) is 15.6. The molecule has 3 fully saturated rings. The van der Waals surface area contributed by atoms with Crippen LogP contribution in [0.25, 0.3) is 27.8 Å². The van der Waals surface area contributed by atoms with Crippen molar-refractivity contribution in [3.63, 3.8) is 0 Å². The molecule has 4 N–H and O–H groups in total. The second-order valence-corrected chi connectivity index (χ2v) is 21.2. The van der Waals surface area contributed by atoms with E-state index >= 15 is 0 Å². The third-order valence-electron chi connectivity index (χ3n) is 15.6. The summed E-state index contributed by atoms with van der Waals surface area (Å²) >= 11 is 6.79. The van der Waals surface area contributed by atoms with Gasteiger partial charge in [0.25, 0.3) is 0 Å². The fraction of sp³-hybridized carbons (Fsp3) is 0.421. The summed E-state index contributed by atoms with van der Waals surface area (Å²) in [5.41, 5.74) is 5.32. The molecule has 4 aromatic carbocycles. The van der Waals surface area contributed by atoms with Crippen molar-refractivity contribution in [2.45, 2.75) is 71.0 Å². The molecule has 1 atom stereocenters. The topological polar surface area (TPSA) is 206 Å². The van der Waals surface area contributed by atoms with E-state index in [1.165, 1.54) is 16.7 Å².